The van der Waals surface area contributed by atoms with E-state index in [0.717, 1.165) is 12.1 Å². The lowest BCUT2D eigenvalue weighted by atomic mass is 10.2. The minimum atomic E-state index is -0.230. The minimum Gasteiger partial charge on any atom is -0.307 e. The van der Waals surface area contributed by atoms with Crippen LogP contribution in [0.1, 0.15) is 42.4 Å². The first-order chi connectivity index (χ1) is 10.0. The van der Waals surface area contributed by atoms with E-state index in [4.69, 9.17) is 0 Å². The monoisotopic (exact) mass is 305 g/mol. The topological polar surface area (TPSA) is 72.7 Å². The van der Waals surface area contributed by atoms with Crippen LogP contribution < -0.4 is 5.32 Å². The molecule has 2 heterocycles. The normalized spacial score (nSPS) is 12.2. The molecule has 6 nitrogen and oxygen atoms in total. The van der Waals surface area contributed by atoms with Gasteiger partial charge in [-0.05, 0) is 26.5 Å². The Morgan fingerprint density at radius 2 is 2.10 bits per heavy atom. The van der Waals surface area contributed by atoms with Crippen molar-refractivity contribution in [2.45, 2.75) is 38.4 Å². The average molecular weight is 305 g/mol. The van der Waals surface area contributed by atoms with Gasteiger partial charge in [0.05, 0.1) is 17.3 Å². The fourth-order valence-corrected chi connectivity index (χ4v) is 2.16. The maximum Gasteiger partial charge on any atom is 0.259 e. The Kier molecular flexibility index (Phi) is 4.95. The molecule has 0 saturated heterocycles. The zero-order valence-corrected chi connectivity index (χ0v) is 13.4. The van der Waals surface area contributed by atoms with E-state index in [1.807, 2.05) is 23.9 Å². The van der Waals surface area contributed by atoms with Crippen LogP contribution in [0.15, 0.2) is 23.6 Å². The molecule has 0 aliphatic rings. The maximum atomic E-state index is 12.2. The summed E-state index contributed by atoms with van der Waals surface area (Å²) >= 11 is 1.44. The van der Waals surface area contributed by atoms with E-state index in [0.29, 0.717) is 16.5 Å². The molecule has 0 aliphatic carbocycles. The standard InChI is InChI=1S/C14H19N5OS/c1-5-10(3)19-12(6-9(2)18-19)17-13(20)11-7-15-14(21-4)16-8-11/h6-8,10H,5H2,1-4H3,(H,17,20). The largest absolute Gasteiger partial charge is 0.307 e. The van der Waals surface area contributed by atoms with Crippen molar-refractivity contribution in [1.29, 1.82) is 0 Å². The van der Waals surface area contributed by atoms with Crippen molar-refractivity contribution >= 4 is 23.5 Å². The second-order valence-electron chi connectivity index (χ2n) is 4.79. The van der Waals surface area contributed by atoms with Crippen molar-refractivity contribution in [1.82, 2.24) is 19.7 Å². The van der Waals surface area contributed by atoms with Crippen LogP contribution in [-0.2, 0) is 0 Å². The van der Waals surface area contributed by atoms with Crippen LogP contribution in [-0.4, -0.2) is 31.9 Å². The summed E-state index contributed by atoms with van der Waals surface area (Å²) in [5, 5.41) is 7.94. The molecule has 1 atom stereocenters. The highest BCUT2D eigenvalue weighted by atomic mass is 32.2. The van der Waals surface area contributed by atoms with Gasteiger partial charge < -0.3 is 5.32 Å². The van der Waals surface area contributed by atoms with Gasteiger partial charge in [-0.15, -0.1) is 0 Å². The van der Waals surface area contributed by atoms with Gasteiger partial charge in [0, 0.05) is 18.5 Å². The zero-order valence-electron chi connectivity index (χ0n) is 12.6. The Morgan fingerprint density at radius 3 is 2.67 bits per heavy atom. The van der Waals surface area contributed by atoms with Crippen LogP contribution >= 0.6 is 11.8 Å². The summed E-state index contributed by atoms with van der Waals surface area (Å²) in [5.74, 6) is 0.466. The maximum absolute atomic E-state index is 12.2. The van der Waals surface area contributed by atoms with Gasteiger partial charge in [-0.25, -0.2) is 14.6 Å². The molecule has 0 aliphatic heterocycles. The summed E-state index contributed by atoms with van der Waals surface area (Å²) in [6, 6.07) is 2.09. The first-order valence-corrected chi connectivity index (χ1v) is 8.01. The highest BCUT2D eigenvalue weighted by Crippen LogP contribution is 2.19. The van der Waals surface area contributed by atoms with E-state index in [9.17, 15) is 4.79 Å². The Balaban J connectivity index is 2.18. The molecule has 0 bridgehead atoms. The molecule has 1 amide bonds. The highest BCUT2D eigenvalue weighted by molar-refractivity contribution is 7.98. The van der Waals surface area contributed by atoms with E-state index in [1.54, 1.807) is 0 Å². The number of nitrogens with one attached hydrogen (secondary N) is 1. The number of anilines is 1. The third kappa shape index (κ3) is 3.60. The van der Waals surface area contributed by atoms with Crippen molar-refractivity contribution in [3.63, 3.8) is 0 Å². The van der Waals surface area contributed by atoms with Crippen LogP contribution in [0.4, 0.5) is 5.82 Å². The molecule has 0 spiro atoms. The van der Waals surface area contributed by atoms with Crippen LogP contribution in [0, 0.1) is 6.92 Å². The Morgan fingerprint density at radius 1 is 1.43 bits per heavy atom. The summed E-state index contributed by atoms with van der Waals surface area (Å²) in [5.41, 5.74) is 1.31. The van der Waals surface area contributed by atoms with Crippen molar-refractivity contribution < 1.29 is 4.79 Å². The Labute approximate surface area is 128 Å². The molecule has 1 unspecified atom stereocenters. The number of rotatable bonds is 5. The Bertz CT molecular complexity index is 623. The zero-order chi connectivity index (χ0) is 15.4. The van der Waals surface area contributed by atoms with Crippen LogP contribution in [0.2, 0.25) is 0 Å². The van der Waals surface area contributed by atoms with Gasteiger partial charge in [-0.3, -0.25) is 4.79 Å². The number of aromatic nitrogens is 4. The smallest absolute Gasteiger partial charge is 0.259 e. The lowest BCUT2D eigenvalue weighted by molar-refractivity contribution is 0.102. The molecule has 2 rings (SSSR count). The molecule has 2 aromatic rings. The molecule has 0 radical (unpaired) electrons. The van der Waals surface area contributed by atoms with Crippen molar-refractivity contribution in [2.75, 3.05) is 11.6 Å². The quantitative estimate of drug-likeness (QED) is 0.679. The number of thioether (sulfide) groups is 1. The average Bonchev–Trinajstić information content (AvgIpc) is 2.87. The second-order valence-corrected chi connectivity index (χ2v) is 5.56. The molecule has 2 aromatic heterocycles. The third-order valence-electron chi connectivity index (χ3n) is 3.18. The molecule has 0 aromatic carbocycles. The predicted octanol–water partition coefficient (Wildman–Crippen LogP) is 2.93. The fraction of sp³-hybridized carbons (Fsp3) is 0.429. The number of amides is 1. The summed E-state index contributed by atoms with van der Waals surface area (Å²) in [4.78, 5) is 20.5. The SMILES string of the molecule is CCC(C)n1nc(C)cc1NC(=O)c1cnc(SC)nc1. The molecule has 0 saturated carbocycles. The van der Waals surface area contributed by atoms with Gasteiger partial charge in [0.2, 0.25) is 0 Å². The van der Waals surface area contributed by atoms with Gasteiger partial charge >= 0.3 is 0 Å². The molecule has 21 heavy (non-hydrogen) atoms. The first-order valence-electron chi connectivity index (χ1n) is 6.78. The van der Waals surface area contributed by atoms with Gasteiger partial charge in [-0.1, -0.05) is 18.7 Å². The van der Waals surface area contributed by atoms with E-state index in [2.05, 4.69) is 34.2 Å². The van der Waals surface area contributed by atoms with Crippen molar-refractivity contribution in [3.05, 3.63) is 29.7 Å². The van der Waals surface area contributed by atoms with Gasteiger partial charge in [0.1, 0.15) is 5.82 Å². The number of aryl methyl sites for hydroxylation is 1. The van der Waals surface area contributed by atoms with Crippen LogP contribution in [0.25, 0.3) is 0 Å². The molecule has 1 N–H and O–H groups in total. The van der Waals surface area contributed by atoms with E-state index >= 15 is 0 Å². The molecular weight excluding hydrogens is 286 g/mol. The number of carbonyl (C=O) groups excluding carboxylic acids is 1. The predicted molar refractivity (Wildman–Crippen MR) is 83.7 cm³/mol. The Hall–Kier alpha value is -1.89. The summed E-state index contributed by atoms with van der Waals surface area (Å²) < 4.78 is 1.84. The number of nitrogens with zero attached hydrogens (tertiary/aromatic N) is 4. The third-order valence-corrected chi connectivity index (χ3v) is 3.76. The van der Waals surface area contributed by atoms with Crippen molar-refractivity contribution in [2.24, 2.45) is 0 Å². The summed E-state index contributed by atoms with van der Waals surface area (Å²) in [6.07, 6.45) is 5.90. The molecular formula is C14H19N5OS. The summed E-state index contributed by atoms with van der Waals surface area (Å²) in [7, 11) is 0. The lowest BCUT2D eigenvalue weighted by Gasteiger charge is -2.14. The number of hydrogen-bond donors (Lipinski definition) is 1. The second kappa shape index (κ2) is 6.71. The van der Waals surface area contributed by atoms with E-state index < -0.39 is 0 Å². The summed E-state index contributed by atoms with van der Waals surface area (Å²) in [6.45, 7) is 6.06. The fourth-order valence-electron chi connectivity index (χ4n) is 1.85. The molecule has 7 heteroatoms. The van der Waals surface area contributed by atoms with E-state index in [-0.39, 0.29) is 11.9 Å². The highest BCUT2D eigenvalue weighted by Gasteiger charge is 2.14. The van der Waals surface area contributed by atoms with Gasteiger partial charge in [0.15, 0.2) is 5.16 Å². The van der Waals surface area contributed by atoms with Crippen LogP contribution in [0.5, 0.6) is 0 Å². The van der Waals surface area contributed by atoms with Crippen molar-refractivity contribution in [3.8, 4) is 0 Å². The van der Waals surface area contributed by atoms with E-state index in [1.165, 1.54) is 24.2 Å². The van der Waals surface area contributed by atoms with Gasteiger partial charge in [0.25, 0.3) is 5.91 Å². The molecule has 112 valence electrons. The van der Waals surface area contributed by atoms with Gasteiger partial charge in [-0.2, -0.15) is 5.10 Å². The lowest BCUT2D eigenvalue weighted by Crippen LogP contribution is -2.17. The first kappa shape index (κ1) is 15.5. The van der Waals surface area contributed by atoms with Crippen LogP contribution in [0.3, 0.4) is 0 Å². The minimum absolute atomic E-state index is 0.226. The number of carbonyl (C=O) groups is 1. The molecule has 0 fully saturated rings. The number of hydrogen-bond acceptors (Lipinski definition) is 5.